The van der Waals surface area contributed by atoms with Gasteiger partial charge in [0.05, 0.1) is 17.7 Å². The predicted octanol–water partition coefficient (Wildman–Crippen LogP) is 4.55. The Bertz CT molecular complexity index is 976. The lowest BCUT2D eigenvalue weighted by Crippen LogP contribution is -2.39. The van der Waals surface area contributed by atoms with Crippen molar-refractivity contribution in [1.82, 2.24) is 19.9 Å². The maximum absolute atomic E-state index is 13.0. The molecule has 3 heterocycles. The number of anilines is 2. The average molecular weight is 448 g/mol. The number of hydrogen-bond acceptors (Lipinski definition) is 6. The number of nitrogens with zero attached hydrogens (tertiary/aromatic N) is 5. The Morgan fingerprint density at radius 2 is 2.12 bits per heavy atom. The van der Waals surface area contributed by atoms with E-state index in [1.54, 1.807) is 13.3 Å². The van der Waals surface area contributed by atoms with Crippen LogP contribution < -0.4 is 5.32 Å². The van der Waals surface area contributed by atoms with Crippen LogP contribution in [0.2, 0.25) is 0 Å². The number of piperidine rings is 1. The lowest BCUT2D eigenvalue weighted by Gasteiger charge is -2.32. The van der Waals surface area contributed by atoms with Crippen molar-refractivity contribution >= 4 is 23.9 Å². The van der Waals surface area contributed by atoms with E-state index in [1.807, 2.05) is 24.8 Å². The predicted molar refractivity (Wildman–Crippen MR) is 116 cm³/mol. The number of carbonyl (C=O) groups is 1. The Balaban J connectivity index is 1.86. The molecule has 32 heavy (non-hydrogen) atoms. The van der Waals surface area contributed by atoms with Gasteiger partial charge in [-0.3, -0.25) is 4.79 Å². The Morgan fingerprint density at radius 1 is 1.34 bits per heavy atom. The number of aromatic nitrogens is 3. The number of hydrogen-bond donors (Lipinski definition) is 1. The van der Waals surface area contributed by atoms with E-state index in [4.69, 9.17) is 0 Å². The van der Waals surface area contributed by atoms with E-state index in [9.17, 15) is 18.0 Å². The number of nitrogens with one attached hydrogen (secondary N) is 1. The molecule has 3 rings (SSSR count). The third-order valence-electron chi connectivity index (χ3n) is 5.33. The lowest BCUT2D eigenvalue weighted by atomic mass is 9.93. The van der Waals surface area contributed by atoms with E-state index in [1.165, 1.54) is 0 Å². The smallest absolute Gasteiger partial charge is 0.342 e. The van der Waals surface area contributed by atoms with Gasteiger partial charge >= 0.3 is 6.18 Å². The van der Waals surface area contributed by atoms with Crippen LogP contribution in [0.3, 0.4) is 0 Å². The molecule has 2 aromatic heterocycles. The van der Waals surface area contributed by atoms with Gasteiger partial charge in [-0.25, -0.2) is 15.0 Å². The largest absolute Gasteiger partial charge is 0.416 e. The first kappa shape index (κ1) is 23.6. The number of carbonyl (C=O) groups excluding carboxylic acids is 1. The number of aliphatic imine (C=N–C) groups is 1. The molecular weight excluding hydrogens is 421 g/mol. The third kappa shape index (κ3) is 6.02. The van der Waals surface area contributed by atoms with Crippen LogP contribution in [0.5, 0.6) is 0 Å². The molecule has 1 unspecified atom stereocenters. The number of amides is 1. The molecule has 0 saturated carbocycles. The van der Waals surface area contributed by atoms with Crippen molar-refractivity contribution in [2.75, 3.05) is 25.5 Å². The summed E-state index contributed by atoms with van der Waals surface area (Å²) in [5.74, 6) is 0.339. The number of alkyl halides is 3. The molecule has 1 atom stereocenters. The van der Waals surface area contributed by atoms with Crippen LogP contribution in [-0.4, -0.2) is 52.1 Å². The highest BCUT2D eigenvalue weighted by atomic mass is 19.4. The van der Waals surface area contributed by atoms with Crippen LogP contribution in [0.25, 0.3) is 0 Å². The van der Waals surface area contributed by atoms with Crippen molar-refractivity contribution in [2.45, 2.75) is 51.1 Å². The SMILES string of the molecule is CN=CCC(=O)N1CCCC(c2cc(C(C)C)nc(Nc3cc(C(F)(F)F)ccn3)n2)C1. The second-order valence-electron chi connectivity index (χ2n) is 8.07. The number of halogens is 3. The Morgan fingerprint density at radius 3 is 2.81 bits per heavy atom. The van der Waals surface area contributed by atoms with Crippen LogP contribution in [0, 0.1) is 0 Å². The van der Waals surface area contributed by atoms with Gasteiger partial charge < -0.3 is 15.2 Å². The van der Waals surface area contributed by atoms with Gasteiger partial charge in [-0.2, -0.15) is 13.2 Å². The molecule has 1 aliphatic rings. The molecule has 0 bridgehead atoms. The van der Waals surface area contributed by atoms with E-state index in [-0.39, 0.29) is 35.9 Å². The first-order valence-corrected chi connectivity index (χ1v) is 10.5. The summed E-state index contributed by atoms with van der Waals surface area (Å²) in [6.45, 7) is 5.19. The van der Waals surface area contributed by atoms with Crippen molar-refractivity contribution in [3.63, 3.8) is 0 Å². The molecular formula is C22H27F3N6O. The molecule has 10 heteroatoms. The Kier molecular flexibility index (Phi) is 7.42. The normalized spacial score (nSPS) is 17.2. The standard InChI is InChI=1S/C22H27F3N6O/c1-14(2)17-12-18(15-5-4-10-31(13-15)20(32)7-8-26-3)29-21(28-17)30-19-11-16(6-9-27-19)22(23,24)25/h6,8-9,11-12,14-15H,4-5,7,10,13H2,1-3H3,(H,27,28,29,30). The minimum absolute atomic E-state index is 0.0155. The van der Waals surface area contributed by atoms with Gasteiger partial charge in [-0.05, 0) is 37.0 Å². The lowest BCUT2D eigenvalue weighted by molar-refractivity contribution is -0.137. The first-order valence-electron chi connectivity index (χ1n) is 10.5. The summed E-state index contributed by atoms with van der Waals surface area (Å²) in [4.78, 5) is 31.1. The first-order chi connectivity index (χ1) is 15.2. The van der Waals surface area contributed by atoms with Crippen LogP contribution in [0.15, 0.2) is 29.4 Å². The van der Waals surface area contributed by atoms with Crippen molar-refractivity contribution < 1.29 is 18.0 Å². The van der Waals surface area contributed by atoms with E-state index in [2.05, 4.69) is 25.3 Å². The highest BCUT2D eigenvalue weighted by molar-refractivity contribution is 5.89. The van der Waals surface area contributed by atoms with E-state index < -0.39 is 11.7 Å². The van der Waals surface area contributed by atoms with Gasteiger partial charge in [0.2, 0.25) is 11.9 Å². The van der Waals surface area contributed by atoms with Crippen LogP contribution >= 0.6 is 0 Å². The summed E-state index contributed by atoms with van der Waals surface area (Å²) < 4.78 is 39.1. The number of pyridine rings is 1. The van der Waals surface area contributed by atoms with Crippen LogP contribution in [-0.2, 0) is 11.0 Å². The molecule has 7 nitrogen and oxygen atoms in total. The summed E-state index contributed by atoms with van der Waals surface area (Å²) in [6.07, 6.45) is 0.199. The molecule has 1 fully saturated rings. The number of likely N-dealkylation sites (tertiary alicyclic amines) is 1. The highest BCUT2D eigenvalue weighted by Gasteiger charge is 2.31. The summed E-state index contributed by atoms with van der Waals surface area (Å²) in [5.41, 5.74) is 0.734. The summed E-state index contributed by atoms with van der Waals surface area (Å²) >= 11 is 0. The maximum atomic E-state index is 13.0. The summed E-state index contributed by atoms with van der Waals surface area (Å²) in [7, 11) is 1.63. The molecule has 1 N–H and O–H groups in total. The zero-order valence-corrected chi connectivity index (χ0v) is 18.4. The number of rotatable bonds is 6. The summed E-state index contributed by atoms with van der Waals surface area (Å²) in [6, 6.07) is 3.77. The molecule has 172 valence electrons. The van der Waals surface area contributed by atoms with Crippen molar-refractivity contribution in [3.05, 3.63) is 41.3 Å². The molecule has 2 aromatic rings. The minimum Gasteiger partial charge on any atom is -0.342 e. The third-order valence-corrected chi connectivity index (χ3v) is 5.33. The van der Waals surface area contributed by atoms with Crippen molar-refractivity contribution in [2.24, 2.45) is 4.99 Å². The van der Waals surface area contributed by atoms with Gasteiger partial charge in [-0.1, -0.05) is 13.8 Å². The van der Waals surface area contributed by atoms with E-state index in [0.717, 1.165) is 42.6 Å². The molecule has 1 saturated heterocycles. The van der Waals surface area contributed by atoms with Crippen molar-refractivity contribution in [3.8, 4) is 0 Å². The highest BCUT2D eigenvalue weighted by Crippen LogP contribution is 2.31. The Labute approximate surface area is 185 Å². The molecule has 0 radical (unpaired) electrons. The van der Waals surface area contributed by atoms with Gasteiger partial charge in [0.15, 0.2) is 0 Å². The molecule has 1 aliphatic heterocycles. The fourth-order valence-electron chi connectivity index (χ4n) is 3.58. The second-order valence-corrected chi connectivity index (χ2v) is 8.07. The molecule has 0 spiro atoms. The fraction of sp³-hybridized carbons (Fsp3) is 0.500. The van der Waals surface area contributed by atoms with Crippen LogP contribution in [0.1, 0.15) is 61.9 Å². The van der Waals surface area contributed by atoms with Crippen molar-refractivity contribution in [1.29, 1.82) is 0 Å². The Hall–Kier alpha value is -3.04. The van der Waals surface area contributed by atoms with E-state index in [0.29, 0.717) is 13.1 Å². The maximum Gasteiger partial charge on any atom is 0.416 e. The molecule has 0 aliphatic carbocycles. The fourth-order valence-corrected chi connectivity index (χ4v) is 3.58. The minimum atomic E-state index is -4.47. The van der Waals surface area contributed by atoms with Gasteiger partial charge in [-0.15, -0.1) is 0 Å². The van der Waals surface area contributed by atoms with Gasteiger partial charge in [0, 0.05) is 44.2 Å². The van der Waals surface area contributed by atoms with Gasteiger partial charge in [0.25, 0.3) is 0 Å². The van der Waals surface area contributed by atoms with E-state index >= 15 is 0 Å². The van der Waals surface area contributed by atoms with Gasteiger partial charge in [0.1, 0.15) is 5.82 Å². The second kappa shape index (κ2) is 10.1. The summed E-state index contributed by atoms with van der Waals surface area (Å²) in [5, 5.41) is 2.82. The average Bonchev–Trinajstić information content (AvgIpc) is 2.77. The topological polar surface area (TPSA) is 83.4 Å². The van der Waals surface area contributed by atoms with Crippen LogP contribution in [0.4, 0.5) is 24.9 Å². The quantitative estimate of drug-likeness (QED) is 0.656. The zero-order valence-electron chi connectivity index (χ0n) is 18.4. The molecule has 0 aromatic carbocycles. The monoisotopic (exact) mass is 448 g/mol. The zero-order chi connectivity index (χ0) is 23.3. The molecule has 1 amide bonds.